The molecule has 2 rings (SSSR count). The van der Waals surface area contributed by atoms with Gasteiger partial charge < -0.3 is 14.4 Å². The molecular weight excluding hydrogens is 343 g/mol. The van der Waals surface area contributed by atoms with Crippen molar-refractivity contribution in [2.45, 2.75) is 26.2 Å². The molecule has 1 aromatic rings. The summed E-state index contributed by atoms with van der Waals surface area (Å²) in [6.45, 7) is 4.09. The van der Waals surface area contributed by atoms with E-state index in [1.165, 1.54) is 12.1 Å². The highest BCUT2D eigenvalue weighted by atomic mass is 19.1. The van der Waals surface area contributed by atoms with E-state index in [-0.39, 0.29) is 24.7 Å². The molecule has 142 valence electrons. The average molecular weight is 366 g/mol. The molecular formula is C18H23FN2O5. The highest BCUT2D eigenvalue weighted by molar-refractivity contribution is 5.97. The van der Waals surface area contributed by atoms with Crippen LogP contribution in [-0.2, 0) is 30.4 Å². The number of likely N-dealkylation sites (N-methyl/N-ethyl adjacent to an activating group) is 1. The zero-order valence-electron chi connectivity index (χ0n) is 15.3. The molecule has 8 heteroatoms. The first-order chi connectivity index (χ1) is 12.2. The number of ether oxygens (including phenoxy) is 2. The van der Waals surface area contributed by atoms with Crippen molar-refractivity contribution < 1.29 is 28.3 Å². The van der Waals surface area contributed by atoms with Gasteiger partial charge in [0.1, 0.15) is 5.82 Å². The minimum atomic E-state index is -1.11. The maximum absolute atomic E-state index is 13.1. The largest absolute Gasteiger partial charge is 0.445 e. The smallest absolute Gasteiger partial charge is 0.377 e. The van der Waals surface area contributed by atoms with Crippen LogP contribution >= 0.6 is 0 Å². The number of hydrogen-bond donors (Lipinski definition) is 0. The molecule has 0 aliphatic carbocycles. The lowest BCUT2D eigenvalue weighted by atomic mass is 10.2. The summed E-state index contributed by atoms with van der Waals surface area (Å²) in [5, 5.41) is 1.10. The van der Waals surface area contributed by atoms with Crippen LogP contribution in [0.15, 0.2) is 36.1 Å². The predicted molar refractivity (Wildman–Crippen MR) is 90.8 cm³/mol. The Morgan fingerprint density at radius 2 is 1.88 bits per heavy atom. The third-order valence-electron chi connectivity index (χ3n) is 3.42. The molecule has 0 saturated carbocycles. The van der Waals surface area contributed by atoms with Crippen LogP contribution < -0.4 is 0 Å². The summed E-state index contributed by atoms with van der Waals surface area (Å²) in [6, 6.07) is 5.72. The van der Waals surface area contributed by atoms with Crippen molar-refractivity contribution in [1.29, 1.82) is 0 Å². The summed E-state index contributed by atoms with van der Waals surface area (Å²) in [5.74, 6) is -2.94. The quantitative estimate of drug-likeness (QED) is 0.417. The lowest BCUT2D eigenvalue weighted by Crippen LogP contribution is -2.32. The Balaban J connectivity index is 2.12. The van der Waals surface area contributed by atoms with Gasteiger partial charge in [-0.15, -0.1) is 0 Å². The number of rotatable bonds is 7. The van der Waals surface area contributed by atoms with Gasteiger partial charge in [-0.2, -0.15) is 0 Å². The lowest BCUT2D eigenvalue weighted by Gasteiger charge is -2.22. The summed E-state index contributed by atoms with van der Waals surface area (Å²) < 4.78 is 23.4. The van der Waals surface area contributed by atoms with Crippen LogP contribution in [0.4, 0.5) is 4.39 Å². The van der Waals surface area contributed by atoms with E-state index in [1.807, 2.05) is 19.0 Å². The molecule has 1 amide bonds. The first-order valence-corrected chi connectivity index (χ1v) is 8.14. The maximum Gasteiger partial charge on any atom is 0.377 e. The van der Waals surface area contributed by atoms with Crippen LogP contribution in [0.5, 0.6) is 0 Å². The molecule has 1 aromatic carbocycles. The monoisotopic (exact) mass is 366 g/mol. The molecule has 0 aromatic heterocycles. The maximum atomic E-state index is 13.1. The number of esters is 1. The Labute approximate surface area is 151 Å². The standard InChI is InChI=1S/C18H23FN2O5/c1-18(2)25-15(17(23)26-18)11-16(22)21(24-10-9-20(3)4)12-13-5-7-14(19)8-6-13/h5-8,11H,9-10,12H2,1-4H3. The fourth-order valence-corrected chi connectivity index (χ4v) is 2.15. The highest BCUT2D eigenvalue weighted by Gasteiger charge is 2.38. The number of amides is 1. The van der Waals surface area contributed by atoms with Crippen molar-refractivity contribution in [2.24, 2.45) is 0 Å². The predicted octanol–water partition coefficient (Wildman–Crippen LogP) is 1.84. The van der Waals surface area contributed by atoms with Gasteiger partial charge in [-0.1, -0.05) is 12.1 Å². The molecule has 0 unspecified atom stereocenters. The van der Waals surface area contributed by atoms with Crippen LogP contribution in [0.25, 0.3) is 0 Å². The van der Waals surface area contributed by atoms with E-state index in [1.54, 1.807) is 26.0 Å². The van der Waals surface area contributed by atoms with Gasteiger partial charge in [0.25, 0.3) is 5.91 Å². The molecule has 1 aliphatic heterocycles. The zero-order valence-corrected chi connectivity index (χ0v) is 15.3. The number of hydrogen-bond acceptors (Lipinski definition) is 6. The van der Waals surface area contributed by atoms with Crippen molar-refractivity contribution in [2.75, 3.05) is 27.2 Å². The molecule has 1 aliphatic rings. The molecule has 26 heavy (non-hydrogen) atoms. The third kappa shape index (κ3) is 5.82. The van der Waals surface area contributed by atoms with Gasteiger partial charge in [0, 0.05) is 20.4 Å². The number of cyclic esters (lactones) is 1. The second kappa shape index (κ2) is 8.29. The van der Waals surface area contributed by atoms with Crippen molar-refractivity contribution >= 4 is 11.9 Å². The normalized spacial score (nSPS) is 17.3. The van der Waals surface area contributed by atoms with Crippen LogP contribution in [0.1, 0.15) is 19.4 Å². The topological polar surface area (TPSA) is 68.3 Å². The Morgan fingerprint density at radius 3 is 2.42 bits per heavy atom. The van der Waals surface area contributed by atoms with E-state index < -0.39 is 17.7 Å². The van der Waals surface area contributed by atoms with Crippen molar-refractivity contribution in [3.63, 3.8) is 0 Å². The Morgan fingerprint density at radius 1 is 1.23 bits per heavy atom. The van der Waals surface area contributed by atoms with Crippen molar-refractivity contribution in [3.05, 3.63) is 47.5 Å². The van der Waals surface area contributed by atoms with E-state index in [4.69, 9.17) is 14.3 Å². The third-order valence-corrected chi connectivity index (χ3v) is 3.42. The van der Waals surface area contributed by atoms with Crippen molar-refractivity contribution in [1.82, 2.24) is 9.96 Å². The summed E-state index contributed by atoms with van der Waals surface area (Å²) in [5.41, 5.74) is 0.679. The summed E-state index contributed by atoms with van der Waals surface area (Å²) in [6.07, 6.45) is 1.04. The summed E-state index contributed by atoms with van der Waals surface area (Å²) in [7, 11) is 3.75. The zero-order chi connectivity index (χ0) is 19.3. The van der Waals surface area contributed by atoms with Gasteiger partial charge in [-0.25, -0.2) is 14.2 Å². The molecule has 1 fully saturated rings. The van der Waals surface area contributed by atoms with Gasteiger partial charge in [0.15, 0.2) is 0 Å². The SMILES string of the molecule is CN(C)CCON(Cc1ccc(F)cc1)C(=O)C=C1OC(C)(C)OC1=O. The van der Waals surface area contributed by atoms with E-state index >= 15 is 0 Å². The second-order valence-electron chi connectivity index (χ2n) is 6.54. The first-order valence-electron chi connectivity index (χ1n) is 8.14. The average Bonchev–Trinajstić information content (AvgIpc) is 2.80. The molecule has 0 radical (unpaired) electrons. The van der Waals surface area contributed by atoms with Crippen molar-refractivity contribution in [3.8, 4) is 0 Å². The van der Waals surface area contributed by atoms with E-state index in [0.717, 1.165) is 11.1 Å². The Kier molecular flexibility index (Phi) is 6.33. The number of carbonyl (C=O) groups is 2. The van der Waals surface area contributed by atoms with Gasteiger partial charge in [-0.05, 0) is 31.8 Å². The van der Waals surface area contributed by atoms with E-state index in [0.29, 0.717) is 12.1 Å². The number of halogens is 1. The number of hydroxylamine groups is 2. The van der Waals surface area contributed by atoms with Crippen LogP contribution in [-0.4, -0.2) is 54.9 Å². The fraction of sp³-hybridized carbons (Fsp3) is 0.444. The number of nitrogens with zero attached hydrogens (tertiary/aromatic N) is 2. The molecule has 0 atom stereocenters. The Bertz CT molecular complexity index is 685. The molecule has 1 saturated heterocycles. The minimum absolute atomic E-state index is 0.0920. The fourth-order valence-electron chi connectivity index (χ4n) is 2.15. The molecule has 7 nitrogen and oxygen atoms in total. The van der Waals surface area contributed by atoms with Gasteiger partial charge >= 0.3 is 5.97 Å². The van der Waals surface area contributed by atoms with E-state index in [9.17, 15) is 14.0 Å². The first kappa shape index (κ1) is 19.9. The molecule has 1 heterocycles. The lowest BCUT2D eigenvalue weighted by molar-refractivity contribution is -0.186. The highest BCUT2D eigenvalue weighted by Crippen LogP contribution is 2.26. The number of carbonyl (C=O) groups excluding carboxylic acids is 2. The molecule has 0 N–H and O–H groups in total. The summed E-state index contributed by atoms with van der Waals surface area (Å²) in [4.78, 5) is 31.8. The second-order valence-corrected chi connectivity index (χ2v) is 6.54. The summed E-state index contributed by atoms with van der Waals surface area (Å²) >= 11 is 0. The minimum Gasteiger partial charge on any atom is -0.445 e. The molecule has 0 spiro atoms. The van der Waals surface area contributed by atoms with Gasteiger partial charge in [0.2, 0.25) is 11.5 Å². The number of benzene rings is 1. The Hall–Kier alpha value is -2.45. The van der Waals surface area contributed by atoms with Gasteiger partial charge in [-0.3, -0.25) is 9.63 Å². The van der Waals surface area contributed by atoms with Crippen LogP contribution in [0, 0.1) is 5.82 Å². The molecule has 0 bridgehead atoms. The van der Waals surface area contributed by atoms with Crippen LogP contribution in [0.2, 0.25) is 0 Å². The van der Waals surface area contributed by atoms with Crippen LogP contribution in [0.3, 0.4) is 0 Å². The van der Waals surface area contributed by atoms with E-state index in [2.05, 4.69) is 0 Å². The van der Waals surface area contributed by atoms with Gasteiger partial charge in [0.05, 0.1) is 19.2 Å².